The van der Waals surface area contributed by atoms with Crippen molar-refractivity contribution in [1.29, 1.82) is 0 Å². The van der Waals surface area contributed by atoms with Gasteiger partial charge < -0.3 is 19.5 Å². The van der Waals surface area contributed by atoms with E-state index in [1.54, 1.807) is 12.0 Å². The number of aromatic nitrogens is 1. The number of para-hydroxylation sites is 1. The lowest BCUT2D eigenvalue weighted by Gasteiger charge is -2.28. The Morgan fingerprint density at radius 2 is 1.58 bits per heavy atom. The molecule has 0 unspecified atom stereocenters. The molecule has 1 N–H and O–H groups in total. The van der Waals surface area contributed by atoms with E-state index in [0.29, 0.717) is 44.1 Å². The predicted molar refractivity (Wildman–Crippen MR) is 152 cm³/mol. The number of nitrogens with one attached hydrogen (secondary N) is 1. The first-order chi connectivity index (χ1) is 18.5. The van der Waals surface area contributed by atoms with Gasteiger partial charge in [0.25, 0.3) is 0 Å². The molecule has 0 aliphatic heterocycles. The summed E-state index contributed by atoms with van der Waals surface area (Å²) in [5.41, 5.74) is 4.16. The third-order valence-electron chi connectivity index (χ3n) is 6.62. The number of methoxy groups -OCH3 is 1. The number of hydrogen-bond acceptors (Lipinski definition) is 3. The van der Waals surface area contributed by atoms with E-state index in [1.807, 2.05) is 83.9 Å². The first-order valence-electron chi connectivity index (χ1n) is 12.9. The van der Waals surface area contributed by atoms with Crippen molar-refractivity contribution < 1.29 is 14.3 Å². The third-order valence-corrected chi connectivity index (χ3v) is 6.87. The first kappa shape index (κ1) is 27.4. The third kappa shape index (κ3) is 7.70. The van der Waals surface area contributed by atoms with E-state index < -0.39 is 0 Å². The zero-order valence-corrected chi connectivity index (χ0v) is 22.5. The Kier molecular flexibility index (Phi) is 9.96. The number of carbonyl (C=O) groups excluding carboxylic acids is 2. The fourth-order valence-corrected chi connectivity index (χ4v) is 4.66. The van der Waals surface area contributed by atoms with E-state index in [2.05, 4.69) is 11.1 Å². The second-order valence-corrected chi connectivity index (χ2v) is 9.81. The highest BCUT2D eigenvalue weighted by Crippen LogP contribution is 2.19. The second-order valence-electron chi connectivity index (χ2n) is 9.38. The molecule has 1 heterocycles. The van der Waals surface area contributed by atoms with Crippen molar-refractivity contribution in [2.75, 3.05) is 33.4 Å². The van der Waals surface area contributed by atoms with Gasteiger partial charge in [-0.1, -0.05) is 72.3 Å². The van der Waals surface area contributed by atoms with Crippen molar-refractivity contribution in [3.63, 3.8) is 0 Å². The van der Waals surface area contributed by atoms with E-state index in [9.17, 15) is 9.59 Å². The number of nitrogens with zero attached hydrogens (tertiary/aromatic N) is 2. The van der Waals surface area contributed by atoms with Crippen LogP contribution >= 0.6 is 11.6 Å². The number of ether oxygens (including phenoxy) is 1. The monoisotopic (exact) mass is 531 g/mol. The maximum absolute atomic E-state index is 13.7. The zero-order chi connectivity index (χ0) is 26.7. The molecule has 0 saturated carbocycles. The maximum Gasteiger partial charge on any atom is 0.242 e. The fraction of sp³-hybridized carbons (Fsp3) is 0.290. The second kappa shape index (κ2) is 13.8. The Morgan fingerprint density at radius 3 is 2.34 bits per heavy atom. The molecule has 0 radical (unpaired) electrons. The molecule has 38 heavy (non-hydrogen) atoms. The molecule has 0 aliphatic rings. The predicted octanol–water partition coefficient (Wildman–Crippen LogP) is 5.50. The zero-order valence-electron chi connectivity index (χ0n) is 21.7. The Labute approximate surface area is 229 Å². The number of aromatic amines is 1. The van der Waals surface area contributed by atoms with Crippen LogP contribution in [0.3, 0.4) is 0 Å². The topological polar surface area (TPSA) is 65.6 Å². The summed E-state index contributed by atoms with van der Waals surface area (Å²) in [7, 11) is 1.64. The lowest BCUT2D eigenvalue weighted by atomic mass is 10.1. The van der Waals surface area contributed by atoms with Crippen LogP contribution in [0.2, 0.25) is 5.02 Å². The average molecular weight is 532 g/mol. The summed E-state index contributed by atoms with van der Waals surface area (Å²) >= 11 is 6.09. The van der Waals surface area contributed by atoms with Crippen LogP contribution in [0.4, 0.5) is 0 Å². The summed E-state index contributed by atoms with van der Waals surface area (Å²) in [5.74, 6) is -0.151. The van der Waals surface area contributed by atoms with Crippen LogP contribution in [0.15, 0.2) is 85.1 Å². The van der Waals surface area contributed by atoms with Gasteiger partial charge in [-0.2, -0.15) is 0 Å². The van der Waals surface area contributed by atoms with E-state index in [-0.39, 0.29) is 24.8 Å². The highest BCUT2D eigenvalue weighted by atomic mass is 35.5. The number of benzene rings is 3. The Balaban J connectivity index is 1.50. The number of halogens is 1. The minimum atomic E-state index is -0.0846. The summed E-state index contributed by atoms with van der Waals surface area (Å²) in [6.45, 7) is 1.98. The molecule has 1 aromatic heterocycles. The Hall–Kier alpha value is -3.61. The van der Waals surface area contributed by atoms with Gasteiger partial charge in [0.05, 0.1) is 13.0 Å². The van der Waals surface area contributed by atoms with Crippen LogP contribution in [0.1, 0.15) is 23.1 Å². The number of fused-ring (bicyclic) bond motifs is 1. The summed E-state index contributed by atoms with van der Waals surface area (Å²) in [6, 6.07) is 25.3. The SMILES string of the molecule is COCCCN(CC(=O)N(CCc1c[nH]c2ccccc12)Cc1ccc(Cl)cc1)C(=O)Cc1ccccc1. The number of rotatable bonds is 13. The summed E-state index contributed by atoms with van der Waals surface area (Å²) < 4.78 is 5.20. The average Bonchev–Trinajstić information content (AvgIpc) is 3.35. The van der Waals surface area contributed by atoms with Crippen LogP contribution in [0.25, 0.3) is 10.9 Å². The first-order valence-corrected chi connectivity index (χ1v) is 13.3. The molecule has 0 fully saturated rings. The summed E-state index contributed by atoms with van der Waals surface area (Å²) in [5, 5.41) is 1.81. The van der Waals surface area contributed by atoms with Crippen molar-refractivity contribution in [2.45, 2.75) is 25.8 Å². The standard InChI is InChI=1S/C31H34ClN3O3/c1-38-19-7-17-34(30(36)20-24-8-3-2-4-9-24)23-31(37)35(22-25-12-14-27(32)15-13-25)18-16-26-21-33-29-11-6-5-10-28(26)29/h2-6,8-15,21,33H,7,16-20,22-23H2,1H3. The van der Waals surface area contributed by atoms with Crippen molar-refractivity contribution >= 4 is 34.3 Å². The highest BCUT2D eigenvalue weighted by molar-refractivity contribution is 6.30. The number of carbonyl (C=O) groups is 2. The molecular weight excluding hydrogens is 498 g/mol. The van der Waals surface area contributed by atoms with Gasteiger partial charge in [-0.25, -0.2) is 0 Å². The number of amides is 2. The fourth-order valence-electron chi connectivity index (χ4n) is 4.53. The molecule has 0 saturated heterocycles. The van der Waals surface area contributed by atoms with E-state index in [1.165, 1.54) is 0 Å². The minimum Gasteiger partial charge on any atom is -0.385 e. The minimum absolute atomic E-state index is 0.0247. The molecule has 0 aliphatic carbocycles. The van der Waals surface area contributed by atoms with Gasteiger partial charge in [-0.15, -0.1) is 0 Å². The molecule has 4 aromatic rings. The number of H-pyrrole nitrogens is 1. The summed E-state index contributed by atoms with van der Waals surface area (Å²) in [6.07, 6.45) is 3.63. The molecule has 6 nitrogen and oxygen atoms in total. The molecule has 7 heteroatoms. The Bertz CT molecular complexity index is 1320. The van der Waals surface area contributed by atoms with Gasteiger partial charge in [0.1, 0.15) is 0 Å². The normalized spacial score (nSPS) is 11.0. The smallest absolute Gasteiger partial charge is 0.242 e. The van der Waals surface area contributed by atoms with Crippen LogP contribution in [-0.4, -0.2) is 59.9 Å². The van der Waals surface area contributed by atoms with E-state index >= 15 is 0 Å². The summed E-state index contributed by atoms with van der Waals surface area (Å²) in [4.78, 5) is 33.8. The van der Waals surface area contributed by atoms with Crippen LogP contribution in [0, 0.1) is 0 Å². The van der Waals surface area contributed by atoms with Gasteiger partial charge in [0.2, 0.25) is 11.8 Å². The maximum atomic E-state index is 13.7. The molecule has 0 spiro atoms. The number of hydrogen-bond donors (Lipinski definition) is 1. The van der Waals surface area contributed by atoms with Gasteiger partial charge in [-0.05, 0) is 47.7 Å². The lowest BCUT2D eigenvalue weighted by molar-refractivity contribution is -0.140. The van der Waals surface area contributed by atoms with Gasteiger partial charge in [0, 0.05) is 55.5 Å². The molecule has 198 valence electrons. The lowest BCUT2D eigenvalue weighted by Crippen LogP contribution is -2.44. The highest BCUT2D eigenvalue weighted by Gasteiger charge is 2.22. The Morgan fingerprint density at radius 1 is 0.842 bits per heavy atom. The van der Waals surface area contributed by atoms with Crippen LogP contribution in [-0.2, 0) is 33.7 Å². The van der Waals surface area contributed by atoms with Gasteiger partial charge >= 0.3 is 0 Å². The van der Waals surface area contributed by atoms with E-state index in [0.717, 1.165) is 27.6 Å². The molecule has 4 rings (SSSR count). The van der Waals surface area contributed by atoms with Crippen LogP contribution < -0.4 is 0 Å². The van der Waals surface area contributed by atoms with Crippen molar-refractivity contribution in [1.82, 2.24) is 14.8 Å². The molecular formula is C31H34ClN3O3. The van der Waals surface area contributed by atoms with E-state index in [4.69, 9.17) is 16.3 Å². The molecule has 3 aromatic carbocycles. The van der Waals surface area contributed by atoms with Crippen molar-refractivity contribution in [3.8, 4) is 0 Å². The van der Waals surface area contributed by atoms with Gasteiger partial charge in [-0.3, -0.25) is 9.59 Å². The molecule has 0 atom stereocenters. The molecule has 0 bridgehead atoms. The van der Waals surface area contributed by atoms with Gasteiger partial charge in [0.15, 0.2) is 0 Å². The van der Waals surface area contributed by atoms with Crippen molar-refractivity contribution in [3.05, 3.63) is 107 Å². The van der Waals surface area contributed by atoms with Crippen LogP contribution in [0.5, 0.6) is 0 Å². The largest absolute Gasteiger partial charge is 0.385 e. The quantitative estimate of drug-likeness (QED) is 0.232. The molecule has 2 amide bonds. The van der Waals surface area contributed by atoms with Crippen molar-refractivity contribution in [2.24, 2.45) is 0 Å².